The first-order chi connectivity index (χ1) is 6.88. The van der Waals surface area contributed by atoms with Crippen molar-refractivity contribution in [1.82, 2.24) is 0 Å². The number of carboxylic acid groups (broad SMARTS) is 1. The summed E-state index contributed by atoms with van der Waals surface area (Å²) < 4.78 is 0. The highest BCUT2D eigenvalue weighted by atomic mass is 16.4. The number of aliphatic carboxylic acids is 1. The number of nitriles is 1. The molecule has 0 unspecified atom stereocenters. The molecular formula is C12H15NO2. The van der Waals surface area contributed by atoms with Crippen LogP contribution in [0.4, 0.5) is 0 Å². The van der Waals surface area contributed by atoms with Crippen LogP contribution in [-0.4, -0.2) is 11.1 Å². The molecule has 0 saturated heterocycles. The third kappa shape index (κ3) is 2.27. The molecule has 0 fully saturated rings. The first-order valence-corrected chi connectivity index (χ1v) is 4.94. The molecule has 1 aliphatic rings. The van der Waals surface area contributed by atoms with Gasteiger partial charge in [0.25, 0.3) is 0 Å². The average molecular weight is 205 g/mol. The summed E-state index contributed by atoms with van der Waals surface area (Å²) in [7, 11) is 0. The molecule has 80 valence electrons. The lowest BCUT2D eigenvalue weighted by Gasteiger charge is -2.30. The Bertz CT molecular complexity index is 394. The van der Waals surface area contributed by atoms with E-state index < -0.39 is 5.97 Å². The monoisotopic (exact) mass is 205 g/mol. The van der Waals surface area contributed by atoms with Crippen LogP contribution in [0.3, 0.4) is 0 Å². The van der Waals surface area contributed by atoms with Crippen molar-refractivity contribution in [3.8, 4) is 6.07 Å². The van der Waals surface area contributed by atoms with E-state index in [4.69, 9.17) is 10.4 Å². The molecule has 0 spiro atoms. The van der Waals surface area contributed by atoms with Crippen molar-refractivity contribution in [2.75, 3.05) is 0 Å². The highest BCUT2D eigenvalue weighted by molar-refractivity contribution is 5.89. The summed E-state index contributed by atoms with van der Waals surface area (Å²) in [4.78, 5) is 11.1. The number of carbonyl (C=O) groups is 1. The van der Waals surface area contributed by atoms with Gasteiger partial charge in [-0.15, -0.1) is 0 Å². The van der Waals surface area contributed by atoms with Gasteiger partial charge in [-0.05, 0) is 36.8 Å². The van der Waals surface area contributed by atoms with Crippen LogP contribution >= 0.6 is 0 Å². The standard InChI is InChI=1S/C12H15NO2/c1-8(7-13)9-4-5-12(2,3)10(6-9)11(14)15/h6H,4-5H2,1-3H3,(H,14,15). The fourth-order valence-electron chi connectivity index (χ4n) is 1.74. The second-order valence-electron chi connectivity index (χ2n) is 4.51. The van der Waals surface area contributed by atoms with Crippen molar-refractivity contribution in [2.45, 2.75) is 33.6 Å². The van der Waals surface area contributed by atoms with Crippen molar-refractivity contribution in [2.24, 2.45) is 5.41 Å². The lowest BCUT2D eigenvalue weighted by molar-refractivity contribution is -0.133. The van der Waals surface area contributed by atoms with Gasteiger partial charge in [-0.25, -0.2) is 4.79 Å². The Kier molecular flexibility index (Phi) is 2.99. The topological polar surface area (TPSA) is 61.1 Å². The molecular weight excluding hydrogens is 190 g/mol. The van der Waals surface area contributed by atoms with E-state index in [0.717, 1.165) is 18.4 Å². The minimum absolute atomic E-state index is 0.301. The molecule has 0 saturated carbocycles. The zero-order valence-corrected chi connectivity index (χ0v) is 9.29. The number of hydrogen-bond donors (Lipinski definition) is 1. The molecule has 0 bridgehead atoms. The van der Waals surface area contributed by atoms with Gasteiger partial charge in [0.2, 0.25) is 0 Å². The van der Waals surface area contributed by atoms with Gasteiger partial charge in [0, 0.05) is 11.1 Å². The van der Waals surface area contributed by atoms with Crippen molar-refractivity contribution in [3.05, 3.63) is 22.8 Å². The highest BCUT2D eigenvalue weighted by Crippen LogP contribution is 2.39. The summed E-state index contributed by atoms with van der Waals surface area (Å²) in [5.41, 5.74) is 1.57. The predicted molar refractivity (Wildman–Crippen MR) is 57.0 cm³/mol. The SMILES string of the molecule is CC(C#N)=C1C=C(C(=O)O)C(C)(C)CC1. The fourth-order valence-corrected chi connectivity index (χ4v) is 1.74. The van der Waals surface area contributed by atoms with Crippen LogP contribution in [0.2, 0.25) is 0 Å². The minimum Gasteiger partial charge on any atom is -0.478 e. The Morgan fingerprint density at radius 1 is 1.60 bits per heavy atom. The summed E-state index contributed by atoms with van der Waals surface area (Å²) in [6.07, 6.45) is 3.22. The van der Waals surface area contributed by atoms with Crippen molar-refractivity contribution >= 4 is 5.97 Å². The van der Waals surface area contributed by atoms with Gasteiger partial charge in [-0.2, -0.15) is 5.26 Å². The first kappa shape index (κ1) is 11.5. The number of rotatable bonds is 1. The van der Waals surface area contributed by atoms with Crippen LogP contribution in [0, 0.1) is 16.7 Å². The molecule has 0 aromatic rings. The number of hydrogen-bond acceptors (Lipinski definition) is 2. The number of nitrogens with zero attached hydrogens (tertiary/aromatic N) is 1. The van der Waals surface area contributed by atoms with Crippen LogP contribution in [0.5, 0.6) is 0 Å². The third-order valence-electron chi connectivity index (χ3n) is 2.95. The van der Waals surface area contributed by atoms with Gasteiger partial charge in [0.1, 0.15) is 0 Å². The summed E-state index contributed by atoms with van der Waals surface area (Å²) in [5.74, 6) is -0.886. The van der Waals surface area contributed by atoms with E-state index in [9.17, 15) is 4.79 Å². The maximum absolute atomic E-state index is 11.1. The van der Waals surface area contributed by atoms with E-state index in [1.54, 1.807) is 13.0 Å². The molecule has 0 heterocycles. The molecule has 0 radical (unpaired) electrons. The second-order valence-corrected chi connectivity index (χ2v) is 4.51. The van der Waals surface area contributed by atoms with Gasteiger partial charge in [-0.3, -0.25) is 0 Å². The third-order valence-corrected chi connectivity index (χ3v) is 2.95. The van der Waals surface area contributed by atoms with Crippen molar-refractivity contribution in [3.63, 3.8) is 0 Å². The van der Waals surface area contributed by atoms with Crippen LogP contribution in [0.15, 0.2) is 22.8 Å². The smallest absolute Gasteiger partial charge is 0.332 e. The minimum atomic E-state index is -0.886. The van der Waals surface area contributed by atoms with Crippen LogP contribution in [-0.2, 0) is 4.79 Å². The van der Waals surface area contributed by atoms with Gasteiger partial charge in [-0.1, -0.05) is 13.8 Å². The predicted octanol–water partition coefficient (Wildman–Crippen LogP) is 2.66. The van der Waals surface area contributed by atoms with E-state index >= 15 is 0 Å². The van der Waals surface area contributed by atoms with E-state index in [2.05, 4.69) is 6.07 Å². The maximum atomic E-state index is 11.1. The molecule has 0 atom stereocenters. The molecule has 0 aliphatic heterocycles. The Hall–Kier alpha value is -1.56. The van der Waals surface area contributed by atoms with Crippen molar-refractivity contribution in [1.29, 1.82) is 5.26 Å². The second kappa shape index (κ2) is 3.90. The molecule has 1 N–H and O–H groups in total. The van der Waals surface area contributed by atoms with Gasteiger partial charge >= 0.3 is 5.97 Å². The lowest BCUT2D eigenvalue weighted by atomic mass is 9.73. The van der Waals surface area contributed by atoms with Crippen LogP contribution < -0.4 is 0 Å². The lowest BCUT2D eigenvalue weighted by Crippen LogP contribution is -2.24. The Labute approximate surface area is 89.7 Å². The summed E-state index contributed by atoms with van der Waals surface area (Å²) >= 11 is 0. The molecule has 1 rings (SSSR count). The van der Waals surface area contributed by atoms with Gasteiger partial charge < -0.3 is 5.11 Å². The quantitative estimate of drug-likeness (QED) is 0.669. The number of carboxylic acids is 1. The highest BCUT2D eigenvalue weighted by Gasteiger charge is 2.32. The maximum Gasteiger partial charge on any atom is 0.332 e. The summed E-state index contributed by atoms with van der Waals surface area (Å²) in [5, 5.41) is 17.8. The number of allylic oxidation sites excluding steroid dienone is 3. The first-order valence-electron chi connectivity index (χ1n) is 4.94. The van der Waals surface area contributed by atoms with Crippen LogP contribution in [0.1, 0.15) is 33.6 Å². The van der Waals surface area contributed by atoms with Crippen LogP contribution in [0.25, 0.3) is 0 Å². The van der Waals surface area contributed by atoms with E-state index in [1.165, 1.54) is 0 Å². The molecule has 3 heteroatoms. The zero-order valence-electron chi connectivity index (χ0n) is 9.29. The van der Waals surface area contributed by atoms with E-state index in [0.29, 0.717) is 11.1 Å². The largest absolute Gasteiger partial charge is 0.478 e. The summed E-state index contributed by atoms with van der Waals surface area (Å²) in [6.45, 7) is 5.57. The fraction of sp³-hybridized carbons (Fsp3) is 0.500. The Morgan fingerprint density at radius 3 is 2.67 bits per heavy atom. The van der Waals surface area contributed by atoms with E-state index in [-0.39, 0.29) is 5.41 Å². The van der Waals surface area contributed by atoms with Crippen molar-refractivity contribution < 1.29 is 9.90 Å². The normalized spacial score (nSPS) is 22.7. The molecule has 0 aromatic heterocycles. The zero-order chi connectivity index (χ0) is 11.6. The molecule has 15 heavy (non-hydrogen) atoms. The molecule has 0 aromatic carbocycles. The Morgan fingerprint density at radius 2 is 2.20 bits per heavy atom. The Balaban J connectivity index is 3.23. The van der Waals surface area contributed by atoms with Gasteiger partial charge in [0.05, 0.1) is 6.07 Å². The molecule has 1 aliphatic carbocycles. The molecule has 3 nitrogen and oxygen atoms in total. The summed E-state index contributed by atoms with van der Waals surface area (Å²) in [6, 6.07) is 2.06. The van der Waals surface area contributed by atoms with E-state index in [1.807, 2.05) is 13.8 Å². The molecule has 0 amide bonds. The van der Waals surface area contributed by atoms with Gasteiger partial charge in [0.15, 0.2) is 0 Å². The average Bonchev–Trinajstić information content (AvgIpc) is 2.15.